The maximum absolute atomic E-state index is 12.8. The summed E-state index contributed by atoms with van der Waals surface area (Å²) in [7, 11) is 0. The first-order valence-electron chi connectivity index (χ1n) is 6.43. The zero-order chi connectivity index (χ0) is 17.3. The molecule has 0 radical (unpaired) electrons. The number of hydrogen-bond donors (Lipinski definition) is 3. The molecule has 0 saturated heterocycles. The van der Waals surface area contributed by atoms with E-state index in [1.54, 1.807) is 0 Å². The van der Waals surface area contributed by atoms with Crippen molar-refractivity contribution in [3.8, 4) is 0 Å². The number of halogens is 3. The molecule has 10 heteroatoms. The number of benzene rings is 1. The quantitative estimate of drug-likeness (QED) is 0.730. The maximum Gasteiger partial charge on any atom is 0.442 e. The lowest BCUT2D eigenvalue weighted by Gasteiger charge is -2.15. The summed E-state index contributed by atoms with van der Waals surface area (Å²) in [5, 5.41) is 26.1. The van der Waals surface area contributed by atoms with E-state index in [0.29, 0.717) is 5.56 Å². The smallest absolute Gasteiger partial charge is 0.442 e. The number of carbonyl (C=O) groups is 2. The first-order chi connectivity index (χ1) is 10.7. The highest BCUT2D eigenvalue weighted by Gasteiger charge is 2.65. The normalized spacial score (nSPS) is 16.7. The molecule has 0 spiro atoms. The van der Waals surface area contributed by atoms with Gasteiger partial charge in [-0.25, -0.2) is 0 Å². The summed E-state index contributed by atoms with van der Waals surface area (Å²) >= 11 is 0. The van der Waals surface area contributed by atoms with Crippen molar-refractivity contribution in [2.45, 2.75) is 30.9 Å². The summed E-state index contributed by atoms with van der Waals surface area (Å²) in [6.45, 7) is -0.0664. The topological polar surface area (TPSA) is 111 Å². The van der Waals surface area contributed by atoms with E-state index in [0.717, 1.165) is 0 Å². The fraction of sp³-hybridized carbons (Fsp3) is 0.385. The number of carbonyl (C=O) groups excluding carboxylic acids is 1. The van der Waals surface area contributed by atoms with Gasteiger partial charge in [-0.3, -0.25) is 9.59 Å². The molecule has 0 saturated carbocycles. The number of rotatable bonds is 6. The summed E-state index contributed by atoms with van der Waals surface area (Å²) in [5.74, 6) is -2.21. The first-order valence-corrected chi connectivity index (χ1v) is 6.43. The molecule has 0 unspecified atom stereocenters. The average molecular weight is 331 g/mol. The molecule has 2 rings (SSSR count). The number of alkyl halides is 3. The van der Waals surface area contributed by atoms with Gasteiger partial charge in [0.15, 0.2) is 0 Å². The highest BCUT2D eigenvalue weighted by molar-refractivity contribution is 5.84. The molecule has 0 bridgehead atoms. The lowest BCUT2D eigenvalue weighted by Crippen LogP contribution is -2.35. The third-order valence-electron chi connectivity index (χ3n) is 3.19. The molecule has 0 aliphatic carbocycles. The standard InChI is InChI=1S/C13H12F3N3O4/c14-13(15,16)12(18-19-12)8-3-1-7(2-4-8)6-17-11(23)9(20)5-10(21)22/h1-4,9,20H,5-6H2,(H,17,23)(H,21,22)/t9-/m1/s1. The summed E-state index contributed by atoms with van der Waals surface area (Å²) < 4.78 is 38.4. The van der Waals surface area contributed by atoms with Crippen LogP contribution in [0, 0.1) is 0 Å². The van der Waals surface area contributed by atoms with Gasteiger partial charge in [0.05, 0.1) is 6.42 Å². The number of hydrogen-bond acceptors (Lipinski definition) is 5. The molecule has 1 heterocycles. The van der Waals surface area contributed by atoms with Crippen LogP contribution in [0.25, 0.3) is 0 Å². The van der Waals surface area contributed by atoms with Crippen LogP contribution in [0.15, 0.2) is 34.5 Å². The Morgan fingerprint density at radius 2 is 1.78 bits per heavy atom. The summed E-state index contributed by atoms with van der Waals surface area (Å²) in [6.07, 6.45) is -7.03. The van der Waals surface area contributed by atoms with Gasteiger partial charge < -0.3 is 15.5 Å². The number of nitrogens with one attached hydrogen (secondary N) is 1. The van der Waals surface area contributed by atoms with Crippen molar-refractivity contribution < 1.29 is 33.0 Å². The molecular weight excluding hydrogens is 319 g/mol. The summed E-state index contributed by atoms with van der Waals surface area (Å²) in [6, 6.07) is 5.11. The van der Waals surface area contributed by atoms with Crippen molar-refractivity contribution in [3.05, 3.63) is 35.4 Å². The summed E-state index contributed by atoms with van der Waals surface area (Å²) in [5.41, 5.74) is -2.15. The molecule has 0 fully saturated rings. The fourth-order valence-electron chi connectivity index (χ4n) is 1.86. The van der Waals surface area contributed by atoms with Gasteiger partial charge in [-0.15, -0.1) is 10.2 Å². The Morgan fingerprint density at radius 3 is 2.22 bits per heavy atom. The third kappa shape index (κ3) is 3.65. The molecule has 124 valence electrons. The van der Waals surface area contributed by atoms with E-state index in [2.05, 4.69) is 15.5 Å². The van der Waals surface area contributed by atoms with Crippen LogP contribution in [0.2, 0.25) is 0 Å². The van der Waals surface area contributed by atoms with Gasteiger partial charge in [-0.05, 0) is 5.56 Å². The van der Waals surface area contributed by atoms with Crippen molar-refractivity contribution in [1.82, 2.24) is 5.32 Å². The van der Waals surface area contributed by atoms with E-state index >= 15 is 0 Å². The molecule has 0 aromatic heterocycles. The van der Waals surface area contributed by atoms with E-state index < -0.39 is 36.2 Å². The van der Waals surface area contributed by atoms with Crippen LogP contribution < -0.4 is 5.32 Å². The second-order valence-electron chi connectivity index (χ2n) is 4.90. The zero-order valence-corrected chi connectivity index (χ0v) is 11.5. The molecule has 1 amide bonds. The minimum Gasteiger partial charge on any atom is -0.481 e. The number of aliphatic hydroxyl groups is 1. The zero-order valence-electron chi connectivity index (χ0n) is 11.5. The number of aliphatic hydroxyl groups excluding tert-OH is 1. The van der Waals surface area contributed by atoms with Crippen LogP contribution in [0.1, 0.15) is 17.5 Å². The third-order valence-corrected chi connectivity index (χ3v) is 3.19. The molecule has 1 aromatic carbocycles. The predicted octanol–water partition coefficient (Wildman–Crippen LogP) is 1.32. The Labute approximate surface area is 127 Å². The van der Waals surface area contributed by atoms with Crippen molar-refractivity contribution in [2.24, 2.45) is 10.2 Å². The molecule has 3 N–H and O–H groups in total. The van der Waals surface area contributed by atoms with Crippen LogP contribution in [0.4, 0.5) is 13.2 Å². The van der Waals surface area contributed by atoms with Gasteiger partial charge in [0, 0.05) is 12.1 Å². The maximum atomic E-state index is 12.8. The number of aliphatic carboxylic acids is 1. The minimum absolute atomic E-state index is 0.0664. The van der Waals surface area contributed by atoms with E-state index in [-0.39, 0.29) is 12.1 Å². The number of carboxylic acid groups (broad SMARTS) is 1. The molecule has 7 nitrogen and oxygen atoms in total. The van der Waals surface area contributed by atoms with E-state index in [1.807, 2.05) is 0 Å². The predicted molar refractivity (Wildman–Crippen MR) is 69.1 cm³/mol. The minimum atomic E-state index is -4.61. The van der Waals surface area contributed by atoms with Crippen molar-refractivity contribution >= 4 is 11.9 Å². The number of nitrogens with zero attached hydrogens (tertiary/aromatic N) is 2. The van der Waals surface area contributed by atoms with Gasteiger partial charge in [-0.1, -0.05) is 24.3 Å². The lowest BCUT2D eigenvalue weighted by molar-refractivity contribution is -0.166. The van der Waals surface area contributed by atoms with Crippen LogP contribution >= 0.6 is 0 Å². The van der Waals surface area contributed by atoms with Crippen LogP contribution in [0.3, 0.4) is 0 Å². The van der Waals surface area contributed by atoms with Gasteiger partial charge in [0.25, 0.3) is 0 Å². The number of carboxylic acids is 1. The Balaban J connectivity index is 1.94. The Morgan fingerprint density at radius 1 is 1.22 bits per heavy atom. The second kappa shape index (κ2) is 5.95. The second-order valence-corrected chi connectivity index (χ2v) is 4.90. The van der Waals surface area contributed by atoms with E-state index in [1.165, 1.54) is 24.3 Å². The Kier molecular flexibility index (Phi) is 4.37. The van der Waals surface area contributed by atoms with Gasteiger partial charge in [-0.2, -0.15) is 13.2 Å². The molecule has 1 aromatic rings. The van der Waals surface area contributed by atoms with Crippen LogP contribution in [-0.4, -0.2) is 34.4 Å². The highest BCUT2D eigenvalue weighted by Crippen LogP contribution is 2.52. The fourth-order valence-corrected chi connectivity index (χ4v) is 1.86. The number of amides is 1. The first kappa shape index (κ1) is 16.9. The molecule has 23 heavy (non-hydrogen) atoms. The van der Waals surface area contributed by atoms with Crippen molar-refractivity contribution in [2.75, 3.05) is 0 Å². The SMILES string of the molecule is O=C(O)C[C@@H](O)C(=O)NCc1ccc(C2(C(F)(F)F)N=N2)cc1. The van der Waals surface area contributed by atoms with Crippen LogP contribution in [0.5, 0.6) is 0 Å². The monoisotopic (exact) mass is 331 g/mol. The summed E-state index contributed by atoms with van der Waals surface area (Å²) in [4.78, 5) is 21.8. The molecule has 1 aliphatic heterocycles. The van der Waals surface area contributed by atoms with Gasteiger partial charge >= 0.3 is 17.8 Å². The molecular formula is C13H12F3N3O4. The van der Waals surface area contributed by atoms with Crippen molar-refractivity contribution in [3.63, 3.8) is 0 Å². The van der Waals surface area contributed by atoms with Gasteiger partial charge in [0.1, 0.15) is 6.10 Å². The Hall–Kier alpha value is -2.49. The average Bonchev–Trinajstić information content (AvgIpc) is 3.25. The van der Waals surface area contributed by atoms with Gasteiger partial charge in [0.2, 0.25) is 5.91 Å². The van der Waals surface area contributed by atoms with Crippen LogP contribution in [-0.2, 0) is 21.8 Å². The highest BCUT2D eigenvalue weighted by atomic mass is 19.4. The Bertz CT molecular complexity index is 637. The van der Waals surface area contributed by atoms with E-state index in [4.69, 9.17) is 5.11 Å². The largest absolute Gasteiger partial charge is 0.481 e. The molecule has 1 aliphatic rings. The van der Waals surface area contributed by atoms with E-state index in [9.17, 15) is 27.9 Å². The van der Waals surface area contributed by atoms with Crippen molar-refractivity contribution in [1.29, 1.82) is 0 Å². The lowest BCUT2D eigenvalue weighted by atomic mass is 10.0. The molecule has 1 atom stereocenters.